The van der Waals surface area contributed by atoms with Crippen LogP contribution in [0.3, 0.4) is 0 Å². The van der Waals surface area contributed by atoms with Crippen LogP contribution in [0.15, 0.2) is 182 Å². The summed E-state index contributed by atoms with van der Waals surface area (Å²) in [5.41, 5.74) is -0.341. The topological polar surface area (TPSA) is 213 Å². The Labute approximate surface area is 746 Å². The molecule has 18 nitrogen and oxygen atoms in total. The van der Waals surface area contributed by atoms with E-state index in [1.807, 2.05) is 41.5 Å². The minimum absolute atomic E-state index is 0.0206. The van der Waals surface area contributed by atoms with Gasteiger partial charge in [0.15, 0.2) is 23.0 Å². The molecule has 672 valence electrons. The van der Waals surface area contributed by atoms with Crippen LogP contribution in [0.1, 0.15) is 338 Å². The van der Waals surface area contributed by atoms with Gasteiger partial charge in [-0.25, -0.2) is 28.8 Å². The van der Waals surface area contributed by atoms with Crippen molar-refractivity contribution in [3.8, 4) is 69.0 Å². The monoisotopic (exact) mass is 1720 g/mol. The number of rotatable bonds is 54. The smallest absolute Gasteiger partial charge is 0.347 e. The summed E-state index contributed by atoms with van der Waals surface area (Å²) in [6.45, 7) is 24.5. The van der Waals surface area contributed by atoms with Gasteiger partial charge in [0, 0.05) is 16.2 Å². The maximum atomic E-state index is 16.6. The van der Waals surface area contributed by atoms with Crippen LogP contribution in [-0.4, -0.2) is 72.4 Å². The van der Waals surface area contributed by atoms with Gasteiger partial charge in [0.05, 0.1) is 36.6 Å². The van der Waals surface area contributed by atoms with E-state index in [0.29, 0.717) is 43.9 Å². The van der Waals surface area contributed by atoms with E-state index in [1.54, 1.807) is 158 Å². The Kier molecular flexibility index (Phi) is 38.9. The van der Waals surface area contributed by atoms with E-state index >= 15 is 28.8 Å². The summed E-state index contributed by atoms with van der Waals surface area (Å²) in [6, 6.07) is 49.9. The lowest BCUT2D eigenvalue weighted by atomic mass is 9.91. The molecular weight excluding hydrogens is 1590 g/mol. The first-order valence-electron chi connectivity index (χ1n) is 46.7. The Bertz CT molecular complexity index is 5180. The van der Waals surface area contributed by atoms with Crippen molar-refractivity contribution in [2.75, 3.05) is 0 Å². The highest BCUT2D eigenvalue weighted by atomic mass is 16.6. The quantitative estimate of drug-likeness (QED) is 0.0150. The number of carbonyl (C=O) groups excluding carboxylic acids is 6. The van der Waals surface area contributed by atoms with Crippen LogP contribution in [-0.2, 0) is 0 Å². The number of benzene rings is 10. The summed E-state index contributed by atoms with van der Waals surface area (Å²) in [7, 11) is 0. The van der Waals surface area contributed by atoms with Crippen LogP contribution in [0, 0.1) is 0 Å². The second-order valence-corrected chi connectivity index (χ2v) is 33.4. The molecule has 0 radical (unpaired) electrons. The number of hydrogen-bond acceptors (Lipinski definition) is 18. The van der Waals surface area contributed by atoms with Crippen LogP contribution in [0.25, 0.3) is 32.3 Å². The third kappa shape index (κ3) is 27.3. The molecule has 0 saturated carbocycles. The summed E-state index contributed by atoms with van der Waals surface area (Å²) >= 11 is 0. The van der Waals surface area contributed by atoms with E-state index in [9.17, 15) is 0 Å². The molecule has 0 aromatic heterocycles. The Morgan fingerprint density at radius 1 is 0.198 bits per heavy atom. The van der Waals surface area contributed by atoms with Gasteiger partial charge in [-0.3, -0.25) is 0 Å². The van der Waals surface area contributed by atoms with Gasteiger partial charge in [-0.2, -0.15) is 0 Å². The summed E-state index contributed by atoms with van der Waals surface area (Å²) in [4.78, 5) is 98.0. The van der Waals surface area contributed by atoms with Crippen molar-refractivity contribution >= 4 is 68.1 Å². The molecule has 0 aliphatic carbocycles. The molecule has 126 heavy (non-hydrogen) atoms. The molecule has 0 amide bonds. The lowest BCUT2D eigenvalue weighted by molar-refractivity contribution is 0.0633. The van der Waals surface area contributed by atoms with Crippen molar-refractivity contribution < 1.29 is 85.6 Å². The second kappa shape index (κ2) is 50.7. The first-order chi connectivity index (χ1) is 61.3. The fraction of sp³-hybridized carbons (Fsp3) is 0.444. The molecule has 0 aliphatic rings. The first-order valence-corrected chi connectivity index (χ1v) is 46.7. The van der Waals surface area contributed by atoms with Gasteiger partial charge in [0.25, 0.3) is 0 Å². The molecule has 0 saturated heterocycles. The van der Waals surface area contributed by atoms with E-state index in [-0.39, 0.29) is 113 Å². The average molecular weight is 1720 g/mol. The van der Waals surface area contributed by atoms with Gasteiger partial charge < -0.3 is 56.8 Å². The van der Waals surface area contributed by atoms with Crippen LogP contribution < -0.4 is 56.8 Å². The second-order valence-electron chi connectivity index (χ2n) is 33.4. The van der Waals surface area contributed by atoms with Crippen molar-refractivity contribution in [2.24, 2.45) is 0 Å². The number of para-hydroxylation sites is 6. The highest BCUT2D eigenvalue weighted by Gasteiger charge is 2.39. The zero-order valence-electron chi connectivity index (χ0n) is 76.3. The van der Waals surface area contributed by atoms with Gasteiger partial charge in [0.1, 0.15) is 67.9 Å². The SMILES string of the molecule is CCCCCC[C@@H](C)Oc1ccccc1C(=O)Oc1ccc2c3ccccc3c3c(OC(=O)c4ccccc4O[C@H](C)CCCCCC)c(OC(=O)c4ccccc4O[C@H](C)CCCCCC)c(OC(=O)c4ccccc4O[C@H](C)CCCCCC)c(OC(=O)c4ccccc4O[C@H](C)CCCCCC)c3c2c1OC(=O)c1ccccc1O[C@H](C)CCCCCC. The molecule has 0 unspecified atom stereocenters. The zero-order valence-corrected chi connectivity index (χ0v) is 76.3. The number of unbranched alkanes of at least 4 members (excludes halogenated alkanes) is 18. The van der Waals surface area contributed by atoms with Crippen molar-refractivity contribution in [2.45, 2.75) is 312 Å². The molecule has 0 spiro atoms. The standard InChI is InChI=1S/C108H132O18/c1-13-19-25-31-51-73(7)115-88-65-45-39-59-82(88)103(109)121-94-72-71-81-79-57-37-38-58-80(79)96-97(95(81)98(94)122-104(110)83-60-40-46-66-89(83)116-74(8)52-32-26-20-14-2)100(124-106(112)85-62-42-48-68-91(85)118-76(10)54-34-28-22-16-4)102(126-108(114)87-64-44-50-70-93(87)120-78(12)56-36-30-24-18-6)101(125-107(113)86-63-43-49-69-92(86)119-77(11)55-35-29-23-17-5)99(96)123-105(111)84-61-41-47-67-90(84)117-75(9)53-33-27-21-15-3/h37-50,57-78H,13-36,51-56H2,1-12H3/t73-,74-,75-,76-,77-,78-/m1/s1. The predicted molar refractivity (Wildman–Crippen MR) is 500 cm³/mol. The summed E-state index contributed by atoms with van der Waals surface area (Å²) in [6.07, 6.45) is 25.1. The number of carbonyl (C=O) groups is 6. The third-order valence-corrected chi connectivity index (χ3v) is 22.8. The summed E-state index contributed by atoms with van der Waals surface area (Å²) < 4.78 is 82.4. The average Bonchev–Trinajstić information content (AvgIpc) is 0.701. The Morgan fingerprint density at radius 3 is 0.675 bits per heavy atom. The van der Waals surface area contributed by atoms with Crippen molar-refractivity contribution in [1.29, 1.82) is 0 Å². The molecule has 6 atom stereocenters. The molecule has 0 heterocycles. The van der Waals surface area contributed by atoms with E-state index in [1.165, 1.54) is 24.3 Å². The molecule has 18 heteroatoms. The summed E-state index contributed by atoms with van der Waals surface area (Å²) in [5.74, 6) is -8.83. The first kappa shape index (κ1) is 96.8. The fourth-order valence-corrected chi connectivity index (χ4v) is 15.8. The maximum absolute atomic E-state index is 16.6. The zero-order chi connectivity index (χ0) is 89.7. The highest BCUT2D eigenvalue weighted by molar-refractivity contribution is 6.32. The lowest BCUT2D eigenvalue weighted by Crippen LogP contribution is -2.21. The van der Waals surface area contributed by atoms with Gasteiger partial charge in [0.2, 0.25) is 11.5 Å². The van der Waals surface area contributed by atoms with Crippen molar-refractivity contribution in [1.82, 2.24) is 0 Å². The van der Waals surface area contributed by atoms with Crippen molar-refractivity contribution in [3.63, 3.8) is 0 Å². The largest absolute Gasteiger partial charge is 0.490 e. The normalized spacial score (nSPS) is 12.8. The maximum Gasteiger partial charge on any atom is 0.347 e. The van der Waals surface area contributed by atoms with Crippen LogP contribution >= 0.6 is 0 Å². The Morgan fingerprint density at radius 2 is 0.405 bits per heavy atom. The van der Waals surface area contributed by atoms with Gasteiger partial charge in [-0.1, -0.05) is 254 Å². The highest BCUT2D eigenvalue weighted by Crippen LogP contribution is 2.59. The molecule has 10 rings (SSSR count). The van der Waals surface area contributed by atoms with Gasteiger partial charge in [-0.05, 0) is 220 Å². The molecule has 10 aromatic rings. The van der Waals surface area contributed by atoms with Crippen molar-refractivity contribution in [3.05, 3.63) is 215 Å². The van der Waals surface area contributed by atoms with E-state index in [0.717, 1.165) is 154 Å². The van der Waals surface area contributed by atoms with Crippen LogP contribution in [0.2, 0.25) is 0 Å². The van der Waals surface area contributed by atoms with Gasteiger partial charge in [-0.15, -0.1) is 0 Å². The minimum atomic E-state index is -1.12. The summed E-state index contributed by atoms with van der Waals surface area (Å²) in [5, 5.41) is 0.377. The fourth-order valence-electron chi connectivity index (χ4n) is 15.8. The van der Waals surface area contributed by atoms with Gasteiger partial charge >= 0.3 is 35.8 Å². The Balaban J connectivity index is 1.37. The molecule has 0 fully saturated rings. The van der Waals surface area contributed by atoms with E-state index in [2.05, 4.69) is 41.5 Å². The third-order valence-electron chi connectivity index (χ3n) is 22.8. The lowest BCUT2D eigenvalue weighted by Gasteiger charge is -2.25. The molecule has 0 N–H and O–H groups in total. The number of fused-ring (bicyclic) bond motifs is 6. The van der Waals surface area contributed by atoms with Crippen LogP contribution in [0.4, 0.5) is 0 Å². The molecule has 0 aliphatic heterocycles. The van der Waals surface area contributed by atoms with E-state index < -0.39 is 89.0 Å². The minimum Gasteiger partial charge on any atom is -0.490 e. The van der Waals surface area contributed by atoms with E-state index in [4.69, 9.17) is 56.8 Å². The molecular formula is C108H132O18. The number of hydrogen-bond donors (Lipinski definition) is 0. The van der Waals surface area contributed by atoms with Crippen LogP contribution in [0.5, 0.6) is 69.0 Å². The number of esters is 6. The molecule has 0 bridgehead atoms. The Hall–Kier alpha value is -11.4. The number of ether oxygens (including phenoxy) is 12. The molecule has 10 aromatic carbocycles. The predicted octanol–water partition coefficient (Wildman–Crippen LogP) is 28.9.